The van der Waals surface area contributed by atoms with Crippen LogP contribution in [0.3, 0.4) is 0 Å². The number of nitrogens with two attached hydrogens (primary N) is 1. The Balaban J connectivity index is 1.59. The Kier molecular flexibility index (Phi) is 3.74. The highest BCUT2D eigenvalue weighted by Crippen LogP contribution is 2.38. The molecule has 0 aromatic rings. The third kappa shape index (κ3) is 2.57. The lowest BCUT2D eigenvalue weighted by Crippen LogP contribution is -2.56. The first-order chi connectivity index (χ1) is 9.47. The third-order valence-electron chi connectivity index (χ3n) is 4.92. The van der Waals surface area contributed by atoms with Crippen LogP contribution in [0.25, 0.3) is 0 Å². The van der Waals surface area contributed by atoms with Crippen LogP contribution in [0.4, 0.5) is 0 Å². The Morgan fingerprint density at radius 3 is 2.50 bits per heavy atom. The lowest BCUT2D eigenvalue weighted by atomic mass is 9.93. The highest BCUT2D eigenvalue weighted by Gasteiger charge is 2.44. The average molecular weight is 302 g/mol. The van der Waals surface area contributed by atoms with Crippen molar-refractivity contribution in [2.75, 3.05) is 32.7 Å². The van der Waals surface area contributed by atoms with Crippen molar-refractivity contribution in [3.63, 3.8) is 0 Å². The molecule has 114 valence electrons. The molecule has 2 saturated heterocycles. The van der Waals surface area contributed by atoms with E-state index in [0.717, 1.165) is 13.0 Å². The van der Waals surface area contributed by atoms with Gasteiger partial charge in [-0.1, -0.05) is 6.42 Å². The van der Waals surface area contributed by atoms with Crippen LogP contribution in [0.2, 0.25) is 0 Å². The quantitative estimate of drug-likeness (QED) is 0.664. The summed E-state index contributed by atoms with van der Waals surface area (Å²) in [6.45, 7) is 2.41. The maximum Gasteiger partial charge on any atom is 0.277 e. The minimum Gasteiger partial charge on any atom is -0.339 e. The van der Waals surface area contributed by atoms with E-state index < -0.39 is 10.2 Å². The van der Waals surface area contributed by atoms with Crippen molar-refractivity contribution in [1.29, 1.82) is 0 Å². The van der Waals surface area contributed by atoms with Gasteiger partial charge in [-0.25, -0.2) is 5.14 Å². The summed E-state index contributed by atoms with van der Waals surface area (Å²) in [6, 6.07) is -0.0662. The van der Waals surface area contributed by atoms with E-state index in [1.165, 1.54) is 17.1 Å². The zero-order valence-electron chi connectivity index (χ0n) is 11.5. The summed E-state index contributed by atoms with van der Waals surface area (Å²) < 4.78 is 23.7. The van der Waals surface area contributed by atoms with Crippen molar-refractivity contribution in [1.82, 2.24) is 14.5 Å². The predicted octanol–water partition coefficient (Wildman–Crippen LogP) is -1.28. The van der Waals surface area contributed by atoms with Crippen molar-refractivity contribution < 1.29 is 13.2 Å². The Morgan fingerprint density at radius 1 is 1.15 bits per heavy atom. The normalized spacial score (nSPS) is 35.2. The SMILES string of the molecule is NS(=O)(=O)N1CCN(C(=O)C2NCC3CCCC32)CC1. The van der Waals surface area contributed by atoms with Gasteiger partial charge in [0, 0.05) is 26.2 Å². The zero-order chi connectivity index (χ0) is 14.3. The fourth-order valence-electron chi connectivity index (χ4n) is 3.82. The number of amides is 1. The van der Waals surface area contributed by atoms with Crippen LogP contribution in [0, 0.1) is 11.8 Å². The summed E-state index contributed by atoms with van der Waals surface area (Å²) in [5.74, 6) is 1.25. The summed E-state index contributed by atoms with van der Waals surface area (Å²) in [4.78, 5) is 14.3. The first-order valence-corrected chi connectivity index (χ1v) is 8.77. The average Bonchev–Trinajstić information content (AvgIpc) is 2.99. The molecule has 7 nitrogen and oxygen atoms in total. The fourth-order valence-corrected chi connectivity index (χ4v) is 4.49. The second-order valence-corrected chi connectivity index (χ2v) is 7.56. The van der Waals surface area contributed by atoms with E-state index >= 15 is 0 Å². The molecule has 2 aliphatic heterocycles. The van der Waals surface area contributed by atoms with Gasteiger partial charge >= 0.3 is 0 Å². The molecule has 3 unspecified atom stereocenters. The Labute approximate surface area is 119 Å². The number of nitrogens with zero attached hydrogens (tertiary/aromatic N) is 2. The van der Waals surface area contributed by atoms with E-state index in [1.807, 2.05) is 0 Å². The first-order valence-electron chi connectivity index (χ1n) is 7.27. The minimum atomic E-state index is -3.63. The molecule has 2 heterocycles. The van der Waals surface area contributed by atoms with Crippen LogP contribution in [-0.4, -0.2) is 62.3 Å². The number of hydrogen-bond donors (Lipinski definition) is 2. The van der Waals surface area contributed by atoms with Crippen LogP contribution >= 0.6 is 0 Å². The van der Waals surface area contributed by atoms with Gasteiger partial charge in [-0.2, -0.15) is 12.7 Å². The number of fused-ring (bicyclic) bond motifs is 1. The standard InChI is InChI=1S/C12H22N4O3S/c13-20(18,19)16-6-4-15(5-7-16)12(17)11-10-3-1-2-9(10)8-14-11/h9-11,14H,1-8H2,(H2,13,18,19). The molecular formula is C12H22N4O3S. The molecule has 8 heteroatoms. The van der Waals surface area contributed by atoms with Gasteiger partial charge in [0.2, 0.25) is 5.91 Å². The number of nitrogens with one attached hydrogen (secondary N) is 1. The largest absolute Gasteiger partial charge is 0.339 e. The molecule has 3 fully saturated rings. The molecule has 3 rings (SSSR count). The molecule has 0 radical (unpaired) electrons. The summed E-state index contributed by atoms with van der Waals surface area (Å²) in [5, 5.41) is 8.46. The maximum absolute atomic E-state index is 12.6. The van der Waals surface area contributed by atoms with Gasteiger partial charge in [0.25, 0.3) is 10.2 Å². The monoisotopic (exact) mass is 302 g/mol. The Morgan fingerprint density at radius 2 is 1.85 bits per heavy atom. The smallest absolute Gasteiger partial charge is 0.277 e. The van der Waals surface area contributed by atoms with E-state index in [1.54, 1.807) is 4.90 Å². The molecule has 3 atom stereocenters. The van der Waals surface area contributed by atoms with Gasteiger partial charge < -0.3 is 10.2 Å². The number of carbonyl (C=O) groups excluding carboxylic acids is 1. The maximum atomic E-state index is 12.6. The summed E-state index contributed by atoms with van der Waals surface area (Å²) in [7, 11) is -3.63. The lowest BCUT2D eigenvalue weighted by Gasteiger charge is -2.35. The van der Waals surface area contributed by atoms with Crippen LogP contribution < -0.4 is 10.5 Å². The van der Waals surface area contributed by atoms with Gasteiger partial charge in [-0.3, -0.25) is 4.79 Å². The third-order valence-corrected chi connectivity index (χ3v) is 6.01. The molecule has 1 amide bonds. The van der Waals surface area contributed by atoms with E-state index in [4.69, 9.17) is 5.14 Å². The molecule has 0 spiro atoms. The molecule has 0 aromatic heterocycles. The van der Waals surface area contributed by atoms with E-state index in [-0.39, 0.29) is 11.9 Å². The van der Waals surface area contributed by atoms with Gasteiger partial charge in [-0.05, 0) is 31.2 Å². The zero-order valence-corrected chi connectivity index (χ0v) is 12.3. The second kappa shape index (κ2) is 5.25. The molecule has 1 aliphatic carbocycles. The number of rotatable bonds is 2. The first kappa shape index (κ1) is 14.2. The molecule has 3 N–H and O–H groups in total. The van der Waals surface area contributed by atoms with Crippen LogP contribution in [-0.2, 0) is 15.0 Å². The predicted molar refractivity (Wildman–Crippen MR) is 73.9 cm³/mol. The highest BCUT2D eigenvalue weighted by molar-refractivity contribution is 7.86. The van der Waals surface area contributed by atoms with Crippen molar-refractivity contribution >= 4 is 16.1 Å². The molecule has 1 saturated carbocycles. The van der Waals surface area contributed by atoms with Crippen molar-refractivity contribution in [3.8, 4) is 0 Å². The Bertz CT molecular complexity index is 487. The summed E-state index contributed by atoms with van der Waals surface area (Å²) in [5.41, 5.74) is 0. The molecule has 20 heavy (non-hydrogen) atoms. The molecule has 0 aromatic carbocycles. The van der Waals surface area contributed by atoms with Crippen LogP contribution in [0.1, 0.15) is 19.3 Å². The van der Waals surface area contributed by atoms with Gasteiger partial charge in [0.1, 0.15) is 0 Å². The Hall–Kier alpha value is -0.700. The van der Waals surface area contributed by atoms with E-state index in [2.05, 4.69) is 5.32 Å². The second-order valence-electron chi connectivity index (χ2n) is 6.01. The topological polar surface area (TPSA) is 95.7 Å². The van der Waals surface area contributed by atoms with E-state index in [9.17, 15) is 13.2 Å². The molecular weight excluding hydrogens is 280 g/mol. The van der Waals surface area contributed by atoms with Gasteiger partial charge in [-0.15, -0.1) is 0 Å². The van der Waals surface area contributed by atoms with E-state index in [0.29, 0.717) is 38.0 Å². The number of carbonyl (C=O) groups is 1. The summed E-state index contributed by atoms with van der Waals surface area (Å²) >= 11 is 0. The number of hydrogen-bond acceptors (Lipinski definition) is 4. The van der Waals surface area contributed by atoms with Crippen molar-refractivity contribution in [2.24, 2.45) is 17.0 Å². The van der Waals surface area contributed by atoms with Crippen molar-refractivity contribution in [2.45, 2.75) is 25.3 Å². The fraction of sp³-hybridized carbons (Fsp3) is 0.917. The minimum absolute atomic E-state index is 0.0662. The van der Waals surface area contributed by atoms with Gasteiger partial charge in [0.05, 0.1) is 6.04 Å². The molecule has 0 bridgehead atoms. The van der Waals surface area contributed by atoms with Crippen molar-refractivity contribution in [3.05, 3.63) is 0 Å². The molecule has 3 aliphatic rings. The van der Waals surface area contributed by atoms with Gasteiger partial charge in [0.15, 0.2) is 0 Å². The summed E-state index contributed by atoms with van der Waals surface area (Å²) in [6.07, 6.45) is 3.58. The van der Waals surface area contributed by atoms with Crippen LogP contribution in [0.15, 0.2) is 0 Å². The van der Waals surface area contributed by atoms with Crippen LogP contribution in [0.5, 0.6) is 0 Å². The lowest BCUT2D eigenvalue weighted by molar-refractivity contribution is -0.135. The number of piperazine rings is 1. The highest BCUT2D eigenvalue weighted by atomic mass is 32.2.